The Labute approximate surface area is 188 Å². The molecule has 2 saturated heterocycles. The molecule has 4 rings (SSSR count). The van der Waals surface area contributed by atoms with Gasteiger partial charge in [0.15, 0.2) is 0 Å². The standard InChI is InChI=1S/C23H22BrFN2O4/c24-17-6-4-15(5-7-17)21(28)19-20(16-2-1-3-18(25)14-16)27(23(30)22(19)29)9-8-26-10-12-31-13-11-26/h1-7,14,20,28H,8-13H2. The Morgan fingerprint density at radius 2 is 1.81 bits per heavy atom. The predicted octanol–water partition coefficient (Wildman–Crippen LogP) is 3.34. The molecule has 1 N–H and O–H groups in total. The van der Waals surface area contributed by atoms with E-state index < -0.39 is 23.5 Å². The zero-order chi connectivity index (χ0) is 22.0. The van der Waals surface area contributed by atoms with E-state index in [2.05, 4.69) is 20.8 Å². The van der Waals surface area contributed by atoms with Crippen LogP contribution in [0.4, 0.5) is 4.39 Å². The average molecular weight is 489 g/mol. The molecule has 162 valence electrons. The van der Waals surface area contributed by atoms with Crippen molar-refractivity contribution in [1.82, 2.24) is 9.80 Å². The van der Waals surface area contributed by atoms with Crippen molar-refractivity contribution in [3.8, 4) is 0 Å². The van der Waals surface area contributed by atoms with Gasteiger partial charge in [-0.2, -0.15) is 0 Å². The summed E-state index contributed by atoms with van der Waals surface area (Å²) in [6, 6.07) is 11.7. The molecule has 0 radical (unpaired) electrons. The molecular formula is C23H22BrFN2O4. The van der Waals surface area contributed by atoms with Crippen LogP contribution in [0.3, 0.4) is 0 Å². The summed E-state index contributed by atoms with van der Waals surface area (Å²) in [6.07, 6.45) is 0. The monoisotopic (exact) mass is 488 g/mol. The number of halogens is 2. The van der Waals surface area contributed by atoms with Gasteiger partial charge in [0.25, 0.3) is 11.7 Å². The lowest BCUT2D eigenvalue weighted by atomic mass is 9.95. The maximum Gasteiger partial charge on any atom is 0.295 e. The first-order chi connectivity index (χ1) is 15.0. The van der Waals surface area contributed by atoms with Crippen molar-refractivity contribution in [3.63, 3.8) is 0 Å². The summed E-state index contributed by atoms with van der Waals surface area (Å²) in [7, 11) is 0. The Morgan fingerprint density at radius 1 is 1.10 bits per heavy atom. The normalized spacial score (nSPS) is 21.6. The third-order valence-corrected chi connectivity index (χ3v) is 6.11. The van der Waals surface area contributed by atoms with Crippen LogP contribution in [-0.2, 0) is 14.3 Å². The lowest BCUT2D eigenvalue weighted by Crippen LogP contribution is -2.42. The third kappa shape index (κ3) is 4.56. The molecule has 2 aromatic carbocycles. The van der Waals surface area contributed by atoms with Crippen LogP contribution in [0.25, 0.3) is 5.76 Å². The molecule has 1 amide bonds. The minimum absolute atomic E-state index is 0.0279. The number of benzene rings is 2. The number of likely N-dealkylation sites (tertiary alicyclic amines) is 1. The molecular weight excluding hydrogens is 467 g/mol. The molecule has 2 heterocycles. The van der Waals surface area contributed by atoms with E-state index in [-0.39, 0.29) is 17.9 Å². The third-order valence-electron chi connectivity index (χ3n) is 5.58. The highest BCUT2D eigenvalue weighted by atomic mass is 79.9. The fraction of sp³-hybridized carbons (Fsp3) is 0.304. The van der Waals surface area contributed by atoms with Gasteiger partial charge < -0.3 is 14.7 Å². The number of carbonyl (C=O) groups is 2. The smallest absolute Gasteiger partial charge is 0.295 e. The molecule has 0 aromatic heterocycles. The second kappa shape index (κ2) is 9.30. The van der Waals surface area contributed by atoms with Crippen molar-refractivity contribution in [2.24, 2.45) is 0 Å². The summed E-state index contributed by atoms with van der Waals surface area (Å²) in [6.45, 7) is 3.57. The van der Waals surface area contributed by atoms with Crippen LogP contribution >= 0.6 is 15.9 Å². The van der Waals surface area contributed by atoms with Crippen LogP contribution in [0.15, 0.2) is 58.6 Å². The first-order valence-corrected chi connectivity index (χ1v) is 10.8. The molecule has 1 atom stereocenters. The van der Waals surface area contributed by atoms with Crippen LogP contribution in [0.1, 0.15) is 17.2 Å². The van der Waals surface area contributed by atoms with Gasteiger partial charge in [-0.1, -0.05) is 40.2 Å². The van der Waals surface area contributed by atoms with Crippen molar-refractivity contribution in [1.29, 1.82) is 0 Å². The van der Waals surface area contributed by atoms with Gasteiger partial charge >= 0.3 is 0 Å². The predicted molar refractivity (Wildman–Crippen MR) is 117 cm³/mol. The topological polar surface area (TPSA) is 70.1 Å². The van der Waals surface area contributed by atoms with E-state index in [9.17, 15) is 19.1 Å². The quantitative estimate of drug-likeness (QED) is 0.397. The molecule has 0 bridgehead atoms. The van der Waals surface area contributed by atoms with Crippen LogP contribution < -0.4 is 0 Å². The van der Waals surface area contributed by atoms with Gasteiger partial charge in [-0.3, -0.25) is 14.5 Å². The summed E-state index contributed by atoms with van der Waals surface area (Å²) in [4.78, 5) is 29.5. The van der Waals surface area contributed by atoms with Crippen LogP contribution in [-0.4, -0.2) is 66.0 Å². The maximum absolute atomic E-state index is 14.0. The fourth-order valence-corrected chi connectivity index (χ4v) is 4.24. The van der Waals surface area contributed by atoms with Crippen molar-refractivity contribution in [2.75, 3.05) is 39.4 Å². The van der Waals surface area contributed by atoms with Crippen LogP contribution in [0.2, 0.25) is 0 Å². The van der Waals surface area contributed by atoms with Gasteiger partial charge in [0.2, 0.25) is 0 Å². The summed E-state index contributed by atoms with van der Waals surface area (Å²) >= 11 is 3.34. The minimum atomic E-state index is -0.861. The number of aliphatic hydroxyl groups is 1. The lowest BCUT2D eigenvalue weighted by Gasteiger charge is -2.31. The molecule has 2 aliphatic rings. The number of hydrogen-bond donors (Lipinski definition) is 1. The summed E-state index contributed by atoms with van der Waals surface area (Å²) < 4.78 is 20.2. The van der Waals surface area contributed by atoms with Crippen molar-refractivity contribution in [3.05, 3.63) is 75.5 Å². The van der Waals surface area contributed by atoms with E-state index in [4.69, 9.17) is 4.74 Å². The maximum atomic E-state index is 14.0. The van der Waals surface area contributed by atoms with Gasteiger partial charge in [0, 0.05) is 36.2 Å². The summed E-state index contributed by atoms with van der Waals surface area (Å²) in [5, 5.41) is 11.0. The number of aliphatic hydroxyl groups excluding tert-OH is 1. The van der Waals surface area contributed by atoms with Crippen molar-refractivity contribution < 1.29 is 23.8 Å². The molecule has 0 spiro atoms. The largest absolute Gasteiger partial charge is 0.507 e. The van der Waals surface area contributed by atoms with E-state index in [0.717, 1.165) is 17.6 Å². The Morgan fingerprint density at radius 3 is 2.48 bits per heavy atom. The van der Waals surface area contributed by atoms with E-state index in [0.29, 0.717) is 30.9 Å². The number of Topliss-reactive ketones (excluding diaryl/α,β-unsaturated/α-hetero) is 1. The minimum Gasteiger partial charge on any atom is -0.507 e. The molecule has 2 fully saturated rings. The second-order valence-corrected chi connectivity index (χ2v) is 8.42. The number of hydrogen-bond acceptors (Lipinski definition) is 5. The summed E-state index contributed by atoms with van der Waals surface area (Å²) in [5.74, 6) is -2.20. The van der Waals surface area contributed by atoms with E-state index in [1.54, 1.807) is 30.3 Å². The van der Waals surface area contributed by atoms with Crippen LogP contribution in [0, 0.1) is 5.82 Å². The number of amides is 1. The summed E-state index contributed by atoms with van der Waals surface area (Å²) in [5.41, 5.74) is 0.829. The first kappa shape index (κ1) is 21.7. The highest BCUT2D eigenvalue weighted by Crippen LogP contribution is 2.39. The number of carbonyl (C=O) groups excluding carboxylic acids is 2. The SMILES string of the molecule is O=C1C(=O)N(CCN2CCOCC2)C(c2cccc(F)c2)C1=C(O)c1ccc(Br)cc1. The number of ether oxygens (including phenoxy) is 1. The Balaban J connectivity index is 1.73. The Bertz CT molecular complexity index is 1020. The Hall–Kier alpha value is -2.55. The zero-order valence-electron chi connectivity index (χ0n) is 16.8. The number of morpholine rings is 1. The molecule has 6 nitrogen and oxygen atoms in total. The van der Waals surface area contributed by atoms with E-state index in [1.165, 1.54) is 23.1 Å². The van der Waals surface area contributed by atoms with Gasteiger partial charge in [-0.15, -0.1) is 0 Å². The highest BCUT2D eigenvalue weighted by molar-refractivity contribution is 9.10. The second-order valence-electron chi connectivity index (χ2n) is 7.51. The molecule has 0 saturated carbocycles. The van der Waals surface area contributed by atoms with Crippen molar-refractivity contribution in [2.45, 2.75) is 6.04 Å². The van der Waals surface area contributed by atoms with Gasteiger partial charge in [-0.05, 0) is 29.8 Å². The Kier molecular flexibility index (Phi) is 6.50. The first-order valence-electron chi connectivity index (χ1n) is 10.1. The highest BCUT2D eigenvalue weighted by Gasteiger charge is 2.46. The fourth-order valence-electron chi connectivity index (χ4n) is 3.97. The van der Waals surface area contributed by atoms with Gasteiger partial charge in [0.1, 0.15) is 11.6 Å². The number of rotatable bonds is 5. The molecule has 2 aromatic rings. The zero-order valence-corrected chi connectivity index (χ0v) is 18.3. The molecule has 2 aliphatic heterocycles. The van der Waals surface area contributed by atoms with E-state index >= 15 is 0 Å². The molecule has 8 heteroatoms. The number of nitrogens with zero attached hydrogens (tertiary/aromatic N) is 2. The van der Waals surface area contributed by atoms with Gasteiger partial charge in [0.05, 0.1) is 24.8 Å². The molecule has 31 heavy (non-hydrogen) atoms. The number of ketones is 1. The van der Waals surface area contributed by atoms with Gasteiger partial charge in [-0.25, -0.2) is 4.39 Å². The van der Waals surface area contributed by atoms with Crippen LogP contribution in [0.5, 0.6) is 0 Å². The molecule has 1 unspecified atom stereocenters. The average Bonchev–Trinajstić information content (AvgIpc) is 3.03. The lowest BCUT2D eigenvalue weighted by molar-refractivity contribution is -0.140. The molecule has 0 aliphatic carbocycles. The van der Waals surface area contributed by atoms with Crippen molar-refractivity contribution >= 4 is 33.4 Å². The van der Waals surface area contributed by atoms with E-state index in [1.807, 2.05) is 0 Å².